The Kier molecular flexibility index (Phi) is 4.67. The molecule has 1 aliphatic rings. The van der Waals surface area contributed by atoms with E-state index in [1.54, 1.807) is 30.2 Å². The first-order chi connectivity index (χ1) is 15.0. The Labute approximate surface area is 187 Å². The third kappa shape index (κ3) is 3.15. The second kappa shape index (κ2) is 7.39. The minimum atomic E-state index is -0.602. The Bertz CT molecular complexity index is 1390. The van der Waals surface area contributed by atoms with Gasteiger partial charge in [-0.05, 0) is 60.5 Å². The Morgan fingerprint density at radius 2 is 1.77 bits per heavy atom. The maximum Gasteiger partial charge on any atom is 0.295 e. The van der Waals surface area contributed by atoms with Gasteiger partial charge in [0, 0.05) is 10.2 Å². The molecule has 5 rings (SSSR count). The Balaban J connectivity index is 1.80. The van der Waals surface area contributed by atoms with Crippen LogP contribution in [0, 0.1) is 6.92 Å². The maximum absolute atomic E-state index is 13.6. The zero-order chi connectivity index (χ0) is 21.7. The van der Waals surface area contributed by atoms with Gasteiger partial charge in [-0.25, -0.2) is 0 Å². The van der Waals surface area contributed by atoms with E-state index in [9.17, 15) is 9.59 Å². The largest absolute Gasteiger partial charge is 0.497 e. The number of carbonyl (C=O) groups is 1. The normalized spacial score (nSPS) is 15.4. The fourth-order valence-electron chi connectivity index (χ4n) is 4.09. The van der Waals surface area contributed by atoms with Gasteiger partial charge in [0.15, 0.2) is 5.43 Å². The number of anilines is 1. The summed E-state index contributed by atoms with van der Waals surface area (Å²) in [5.74, 6) is 0.454. The van der Waals surface area contributed by atoms with E-state index in [1.807, 2.05) is 55.5 Å². The second-order valence-corrected chi connectivity index (χ2v) is 8.42. The molecule has 1 atom stereocenters. The summed E-state index contributed by atoms with van der Waals surface area (Å²) in [6.45, 7) is 1.97. The summed E-state index contributed by atoms with van der Waals surface area (Å²) in [6, 6.07) is 19.7. The fraction of sp³-hybridized carbons (Fsp3) is 0.120. The third-order valence-corrected chi connectivity index (χ3v) is 6.04. The number of benzene rings is 3. The van der Waals surface area contributed by atoms with Crippen molar-refractivity contribution in [2.45, 2.75) is 13.0 Å². The lowest BCUT2D eigenvalue weighted by molar-refractivity contribution is 0.0971. The third-order valence-electron chi connectivity index (χ3n) is 5.54. The molecule has 0 N–H and O–H groups in total. The van der Waals surface area contributed by atoms with Crippen molar-refractivity contribution in [1.82, 2.24) is 0 Å². The topological polar surface area (TPSA) is 59.8 Å². The number of carbonyl (C=O) groups excluding carboxylic acids is 1. The number of aryl methyl sites for hydroxylation is 1. The van der Waals surface area contributed by atoms with Gasteiger partial charge in [0.2, 0.25) is 5.76 Å². The first-order valence-corrected chi connectivity index (χ1v) is 10.6. The molecule has 4 aromatic rings. The van der Waals surface area contributed by atoms with Gasteiger partial charge >= 0.3 is 0 Å². The SMILES string of the molecule is COc1ccc(C2c3c(oc4ccc(Br)cc4c3=O)C(=O)N2c2cccc(C)c2)cc1. The number of amides is 1. The smallest absolute Gasteiger partial charge is 0.295 e. The van der Waals surface area contributed by atoms with Crippen LogP contribution in [0.4, 0.5) is 5.69 Å². The highest BCUT2D eigenvalue weighted by atomic mass is 79.9. The van der Waals surface area contributed by atoms with Crippen LogP contribution in [-0.2, 0) is 0 Å². The fourth-order valence-corrected chi connectivity index (χ4v) is 4.45. The average molecular weight is 476 g/mol. The van der Waals surface area contributed by atoms with Crippen molar-refractivity contribution < 1.29 is 13.9 Å². The molecule has 0 bridgehead atoms. The van der Waals surface area contributed by atoms with Gasteiger partial charge in [-0.1, -0.05) is 40.2 Å². The first kappa shape index (κ1) is 19.6. The zero-order valence-electron chi connectivity index (χ0n) is 16.9. The van der Waals surface area contributed by atoms with Gasteiger partial charge in [-0.3, -0.25) is 14.5 Å². The Hall–Kier alpha value is -3.38. The Morgan fingerprint density at radius 3 is 2.48 bits per heavy atom. The van der Waals surface area contributed by atoms with Crippen LogP contribution in [0.3, 0.4) is 0 Å². The van der Waals surface area contributed by atoms with Gasteiger partial charge in [-0.2, -0.15) is 0 Å². The highest BCUT2D eigenvalue weighted by molar-refractivity contribution is 9.10. The van der Waals surface area contributed by atoms with Crippen LogP contribution in [0.5, 0.6) is 5.75 Å². The van der Waals surface area contributed by atoms with Crippen LogP contribution in [0.1, 0.15) is 33.3 Å². The molecule has 0 aliphatic carbocycles. The van der Waals surface area contributed by atoms with Crippen molar-refractivity contribution in [3.63, 3.8) is 0 Å². The molecule has 0 spiro atoms. The summed E-state index contributed by atoms with van der Waals surface area (Å²) in [7, 11) is 1.60. The summed E-state index contributed by atoms with van der Waals surface area (Å²) in [4.78, 5) is 28.8. The monoisotopic (exact) mass is 475 g/mol. The number of hydrogen-bond donors (Lipinski definition) is 0. The van der Waals surface area contributed by atoms with Gasteiger partial charge in [0.1, 0.15) is 11.3 Å². The van der Waals surface area contributed by atoms with Crippen LogP contribution in [0.15, 0.2) is 80.4 Å². The molecular weight excluding hydrogens is 458 g/mol. The molecule has 1 aliphatic heterocycles. The molecule has 1 aromatic heterocycles. The molecule has 1 unspecified atom stereocenters. The molecule has 0 radical (unpaired) electrons. The predicted molar refractivity (Wildman–Crippen MR) is 123 cm³/mol. The average Bonchev–Trinajstić information content (AvgIpc) is 3.07. The van der Waals surface area contributed by atoms with E-state index in [1.165, 1.54) is 0 Å². The summed E-state index contributed by atoms with van der Waals surface area (Å²) in [5.41, 5.74) is 3.06. The van der Waals surface area contributed by atoms with Crippen molar-refractivity contribution in [2.75, 3.05) is 12.0 Å². The number of methoxy groups -OCH3 is 1. The molecule has 3 aromatic carbocycles. The molecule has 0 saturated heterocycles. The number of hydrogen-bond acceptors (Lipinski definition) is 4. The number of rotatable bonds is 3. The maximum atomic E-state index is 13.6. The zero-order valence-corrected chi connectivity index (χ0v) is 18.5. The molecule has 0 fully saturated rings. The van der Waals surface area contributed by atoms with E-state index in [4.69, 9.17) is 9.15 Å². The number of fused-ring (bicyclic) bond motifs is 2. The van der Waals surface area contributed by atoms with E-state index in [-0.39, 0.29) is 17.1 Å². The molecular formula is C25H18BrNO4. The van der Waals surface area contributed by atoms with Crippen LogP contribution >= 0.6 is 15.9 Å². The molecule has 31 heavy (non-hydrogen) atoms. The quantitative estimate of drug-likeness (QED) is 0.385. The van der Waals surface area contributed by atoms with Gasteiger partial charge < -0.3 is 9.15 Å². The van der Waals surface area contributed by atoms with Crippen molar-refractivity contribution in [3.05, 3.63) is 104 Å². The van der Waals surface area contributed by atoms with Crippen LogP contribution in [0.25, 0.3) is 11.0 Å². The van der Waals surface area contributed by atoms with Crippen molar-refractivity contribution in [2.24, 2.45) is 0 Å². The van der Waals surface area contributed by atoms with Crippen molar-refractivity contribution in [1.29, 1.82) is 0 Å². The summed E-state index contributed by atoms with van der Waals surface area (Å²) in [5, 5.41) is 0.436. The van der Waals surface area contributed by atoms with Gasteiger partial charge in [0.05, 0.1) is 24.1 Å². The van der Waals surface area contributed by atoms with Crippen LogP contribution in [0.2, 0.25) is 0 Å². The van der Waals surface area contributed by atoms with E-state index in [2.05, 4.69) is 15.9 Å². The van der Waals surface area contributed by atoms with Gasteiger partial charge in [-0.15, -0.1) is 0 Å². The minimum absolute atomic E-state index is 0.0853. The summed E-state index contributed by atoms with van der Waals surface area (Å²) >= 11 is 3.42. The summed E-state index contributed by atoms with van der Waals surface area (Å²) in [6.07, 6.45) is 0. The lowest BCUT2D eigenvalue weighted by Crippen LogP contribution is -2.29. The molecule has 5 nitrogen and oxygen atoms in total. The molecule has 154 valence electrons. The van der Waals surface area contributed by atoms with Crippen LogP contribution < -0.4 is 15.1 Å². The predicted octanol–water partition coefficient (Wildman–Crippen LogP) is 5.62. The molecule has 1 amide bonds. The molecule has 2 heterocycles. The van der Waals surface area contributed by atoms with Crippen molar-refractivity contribution >= 4 is 38.5 Å². The standard InChI is InChI=1S/C25H18BrNO4/c1-14-4-3-5-17(12-14)27-22(15-6-9-18(30-2)10-7-15)21-23(28)19-13-16(26)8-11-20(19)31-24(21)25(27)29/h3-13,22H,1-2H3. The van der Waals surface area contributed by atoms with E-state index < -0.39 is 6.04 Å². The van der Waals surface area contributed by atoms with E-state index in [0.29, 0.717) is 28.0 Å². The van der Waals surface area contributed by atoms with Gasteiger partial charge in [0.25, 0.3) is 5.91 Å². The lowest BCUT2D eigenvalue weighted by Gasteiger charge is -2.25. The highest BCUT2D eigenvalue weighted by Gasteiger charge is 2.43. The minimum Gasteiger partial charge on any atom is -0.497 e. The van der Waals surface area contributed by atoms with Crippen molar-refractivity contribution in [3.8, 4) is 5.75 Å². The summed E-state index contributed by atoms with van der Waals surface area (Å²) < 4.78 is 12.0. The first-order valence-electron chi connectivity index (χ1n) is 9.78. The van der Waals surface area contributed by atoms with E-state index in [0.717, 1.165) is 15.6 Å². The van der Waals surface area contributed by atoms with Crippen LogP contribution in [-0.4, -0.2) is 13.0 Å². The van der Waals surface area contributed by atoms with E-state index >= 15 is 0 Å². The Morgan fingerprint density at radius 1 is 1.00 bits per heavy atom. The highest BCUT2D eigenvalue weighted by Crippen LogP contribution is 2.41. The second-order valence-electron chi connectivity index (χ2n) is 7.50. The number of ether oxygens (including phenoxy) is 1. The number of halogens is 1. The molecule has 6 heteroatoms. The lowest BCUT2D eigenvalue weighted by atomic mass is 9.98. The number of nitrogens with zero attached hydrogens (tertiary/aromatic N) is 1. The molecule has 0 saturated carbocycles.